The molecule has 0 bridgehead atoms. The summed E-state index contributed by atoms with van der Waals surface area (Å²) >= 11 is 0. The van der Waals surface area contributed by atoms with E-state index in [2.05, 4.69) is 10.6 Å². The molecule has 0 radical (unpaired) electrons. The smallest absolute Gasteiger partial charge is 0.262 e. The van der Waals surface area contributed by atoms with Crippen molar-refractivity contribution in [3.63, 3.8) is 0 Å². The summed E-state index contributed by atoms with van der Waals surface area (Å²) in [5.41, 5.74) is 4.14. The van der Waals surface area contributed by atoms with Crippen LogP contribution in [0.3, 0.4) is 0 Å². The highest BCUT2D eigenvalue weighted by molar-refractivity contribution is 6.04. The minimum absolute atomic E-state index is 0.109. The van der Waals surface area contributed by atoms with Crippen molar-refractivity contribution in [2.75, 3.05) is 17.2 Å². The number of carbonyl (C=O) groups excluding carboxylic acids is 2. The van der Waals surface area contributed by atoms with Crippen molar-refractivity contribution in [3.8, 4) is 5.75 Å². The summed E-state index contributed by atoms with van der Waals surface area (Å²) in [6, 6.07) is 21.8. The van der Waals surface area contributed by atoms with E-state index in [0.29, 0.717) is 11.3 Å². The molecule has 5 heteroatoms. The molecule has 0 fully saturated rings. The number of anilines is 2. The van der Waals surface area contributed by atoms with E-state index in [4.69, 9.17) is 4.74 Å². The van der Waals surface area contributed by atoms with Crippen LogP contribution in [0.1, 0.15) is 21.5 Å². The topological polar surface area (TPSA) is 67.4 Å². The second-order valence-corrected chi connectivity index (χ2v) is 6.50. The molecule has 0 heterocycles. The lowest BCUT2D eigenvalue weighted by atomic mass is 10.1. The Balaban J connectivity index is 1.52. The molecule has 3 aromatic rings. The molecule has 0 aliphatic heterocycles. The van der Waals surface area contributed by atoms with Crippen LogP contribution in [0.25, 0.3) is 0 Å². The first-order valence-corrected chi connectivity index (χ1v) is 8.97. The third-order valence-corrected chi connectivity index (χ3v) is 4.22. The number of benzene rings is 3. The van der Waals surface area contributed by atoms with Gasteiger partial charge in [-0.05, 0) is 61.9 Å². The number of aryl methyl sites for hydroxylation is 2. The van der Waals surface area contributed by atoms with Crippen LogP contribution in [0.5, 0.6) is 5.75 Å². The van der Waals surface area contributed by atoms with Crippen LogP contribution in [-0.2, 0) is 4.79 Å². The lowest BCUT2D eigenvalue weighted by Crippen LogP contribution is -2.20. The monoisotopic (exact) mass is 374 g/mol. The largest absolute Gasteiger partial charge is 0.484 e. The van der Waals surface area contributed by atoms with Gasteiger partial charge in [-0.15, -0.1) is 0 Å². The Morgan fingerprint density at radius 3 is 2.18 bits per heavy atom. The summed E-state index contributed by atoms with van der Waals surface area (Å²) in [5, 5.41) is 5.66. The van der Waals surface area contributed by atoms with Gasteiger partial charge in [-0.2, -0.15) is 0 Å². The Hall–Kier alpha value is -3.60. The predicted molar refractivity (Wildman–Crippen MR) is 111 cm³/mol. The van der Waals surface area contributed by atoms with Gasteiger partial charge in [-0.3, -0.25) is 9.59 Å². The first-order valence-electron chi connectivity index (χ1n) is 8.97. The van der Waals surface area contributed by atoms with Gasteiger partial charge in [0.05, 0.1) is 0 Å². The quantitative estimate of drug-likeness (QED) is 0.664. The molecule has 28 heavy (non-hydrogen) atoms. The molecule has 0 saturated carbocycles. The molecule has 0 aromatic heterocycles. The Kier molecular flexibility index (Phi) is 6.07. The van der Waals surface area contributed by atoms with Crippen molar-refractivity contribution < 1.29 is 14.3 Å². The van der Waals surface area contributed by atoms with Crippen molar-refractivity contribution in [1.82, 2.24) is 0 Å². The minimum Gasteiger partial charge on any atom is -0.484 e. The SMILES string of the molecule is Cc1ccc(NC(=O)COc2ccc(C(=O)Nc3ccccc3C)cc2)cc1. The second-order valence-electron chi connectivity index (χ2n) is 6.50. The first-order chi connectivity index (χ1) is 13.5. The Morgan fingerprint density at radius 2 is 1.50 bits per heavy atom. The van der Waals surface area contributed by atoms with Crippen LogP contribution in [0.4, 0.5) is 11.4 Å². The predicted octanol–water partition coefficient (Wildman–Crippen LogP) is 4.57. The van der Waals surface area contributed by atoms with Crippen molar-refractivity contribution in [2.24, 2.45) is 0 Å². The van der Waals surface area contributed by atoms with Crippen LogP contribution in [0, 0.1) is 13.8 Å². The summed E-state index contributed by atoms with van der Waals surface area (Å²) < 4.78 is 5.49. The van der Waals surface area contributed by atoms with Crippen molar-refractivity contribution in [3.05, 3.63) is 89.5 Å². The number of hydrogen-bond acceptors (Lipinski definition) is 3. The van der Waals surface area contributed by atoms with Crippen LogP contribution < -0.4 is 15.4 Å². The van der Waals surface area contributed by atoms with Gasteiger partial charge in [0.25, 0.3) is 11.8 Å². The second kappa shape index (κ2) is 8.86. The minimum atomic E-state index is -0.245. The summed E-state index contributed by atoms with van der Waals surface area (Å²) in [6.07, 6.45) is 0. The number of nitrogens with one attached hydrogen (secondary N) is 2. The Bertz CT molecular complexity index is 964. The van der Waals surface area contributed by atoms with Crippen LogP contribution in [0.2, 0.25) is 0 Å². The average Bonchev–Trinajstić information content (AvgIpc) is 2.70. The van der Waals surface area contributed by atoms with Gasteiger partial charge >= 0.3 is 0 Å². The van der Waals surface area contributed by atoms with E-state index in [1.807, 2.05) is 62.4 Å². The molecule has 0 saturated heterocycles. The lowest BCUT2D eigenvalue weighted by Gasteiger charge is -2.10. The van der Waals surface area contributed by atoms with Gasteiger partial charge in [0.2, 0.25) is 0 Å². The fourth-order valence-electron chi connectivity index (χ4n) is 2.59. The Labute approximate surface area is 164 Å². The zero-order valence-corrected chi connectivity index (χ0v) is 15.9. The van der Waals surface area contributed by atoms with E-state index in [0.717, 1.165) is 22.5 Å². The number of rotatable bonds is 6. The van der Waals surface area contributed by atoms with Gasteiger partial charge in [-0.1, -0.05) is 35.9 Å². The normalized spacial score (nSPS) is 10.2. The third-order valence-electron chi connectivity index (χ3n) is 4.22. The van der Waals surface area contributed by atoms with Crippen molar-refractivity contribution in [1.29, 1.82) is 0 Å². The molecule has 3 aromatic carbocycles. The first kappa shape index (κ1) is 19.2. The fourth-order valence-corrected chi connectivity index (χ4v) is 2.59. The molecular weight excluding hydrogens is 352 g/mol. The third kappa shape index (κ3) is 5.20. The highest BCUT2D eigenvalue weighted by atomic mass is 16.5. The van der Waals surface area contributed by atoms with Crippen LogP contribution >= 0.6 is 0 Å². The molecular formula is C23H22N2O3. The van der Waals surface area contributed by atoms with Gasteiger partial charge in [0.15, 0.2) is 6.61 Å². The molecule has 5 nitrogen and oxygen atoms in total. The van der Waals surface area contributed by atoms with E-state index in [-0.39, 0.29) is 18.4 Å². The number of amides is 2. The number of para-hydroxylation sites is 1. The maximum absolute atomic E-state index is 12.4. The molecule has 142 valence electrons. The molecule has 0 aliphatic carbocycles. The van der Waals surface area contributed by atoms with Crippen molar-refractivity contribution in [2.45, 2.75) is 13.8 Å². The van der Waals surface area contributed by atoms with E-state index in [1.54, 1.807) is 24.3 Å². The summed E-state index contributed by atoms with van der Waals surface area (Å²) in [5.74, 6) is 0.0784. The van der Waals surface area contributed by atoms with E-state index >= 15 is 0 Å². The molecule has 0 aliphatic rings. The maximum Gasteiger partial charge on any atom is 0.262 e. The molecule has 2 N–H and O–H groups in total. The summed E-state index contributed by atoms with van der Waals surface area (Å²) in [6.45, 7) is 3.82. The molecule has 0 spiro atoms. The highest BCUT2D eigenvalue weighted by Gasteiger charge is 2.08. The van der Waals surface area contributed by atoms with Gasteiger partial charge in [0.1, 0.15) is 5.75 Å². The molecule has 3 rings (SSSR count). The molecule has 0 atom stereocenters. The van der Waals surface area contributed by atoms with Crippen LogP contribution in [-0.4, -0.2) is 18.4 Å². The number of carbonyl (C=O) groups is 2. The van der Waals surface area contributed by atoms with E-state index < -0.39 is 0 Å². The van der Waals surface area contributed by atoms with Gasteiger partial charge in [-0.25, -0.2) is 0 Å². The maximum atomic E-state index is 12.4. The van der Waals surface area contributed by atoms with Crippen LogP contribution in [0.15, 0.2) is 72.8 Å². The molecule has 0 unspecified atom stereocenters. The van der Waals surface area contributed by atoms with Crippen molar-refractivity contribution >= 4 is 23.2 Å². The van der Waals surface area contributed by atoms with Gasteiger partial charge < -0.3 is 15.4 Å². The molecule has 2 amide bonds. The summed E-state index contributed by atoms with van der Waals surface area (Å²) in [4.78, 5) is 24.3. The zero-order valence-electron chi connectivity index (χ0n) is 15.9. The zero-order chi connectivity index (χ0) is 19.9. The number of ether oxygens (including phenoxy) is 1. The van der Waals surface area contributed by atoms with Gasteiger partial charge in [0, 0.05) is 16.9 Å². The van der Waals surface area contributed by atoms with E-state index in [9.17, 15) is 9.59 Å². The van der Waals surface area contributed by atoms with E-state index in [1.165, 1.54) is 0 Å². The highest BCUT2D eigenvalue weighted by Crippen LogP contribution is 2.17. The fraction of sp³-hybridized carbons (Fsp3) is 0.130. The number of hydrogen-bond donors (Lipinski definition) is 2. The lowest BCUT2D eigenvalue weighted by molar-refractivity contribution is -0.118. The Morgan fingerprint density at radius 1 is 0.821 bits per heavy atom. The summed E-state index contributed by atoms with van der Waals surface area (Å²) in [7, 11) is 0. The average molecular weight is 374 g/mol. The standard InChI is InChI=1S/C23H22N2O3/c1-16-7-11-19(12-8-16)24-22(26)15-28-20-13-9-18(10-14-20)23(27)25-21-6-4-3-5-17(21)2/h3-14H,15H2,1-2H3,(H,24,26)(H,25,27).